The van der Waals surface area contributed by atoms with Crippen molar-refractivity contribution < 1.29 is 4.43 Å². The predicted octanol–water partition coefficient (Wildman–Crippen LogP) is 1.77. The first kappa shape index (κ1) is 9.61. The quantitative estimate of drug-likeness (QED) is 0.527. The van der Waals surface area contributed by atoms with Crippen LogP contribution in [0, 0.1) is 0 Å². The van der Waals surface area contributed by atoms with E-state index in [4.69, 9.17) is 4.43 Å². The van der Waals surface area contributed by atoms with E-state index in [1.165, 1.54) is 31.7 Å². The molecule has 1 aliphatic rings. The van der Waals surface area contributed by atoms with E-state index in [2.05, 4.69) is 19.6 Å². The topological polar surface area (TPSA) is 9.23 Å². The van der Waals surface area contributed by atoms with Crippen molar-refractivity contribution in [3.05, 3.63) is 0 Å². The zero-order chi connectivity index (χ0) is 8.10. The molecule has 0 aliphatic carbocycles. The van der Waals surface area contributed by atoms with Gasteiger partial charge in [0.15, 0.2) is 9.76 Å². The van der Waals surface area contributed by atoms with Gasteiger partial charge < -0.3 is 4.43 Å². The van der Waals surface area contributed by atoms with Crippen LogP contribution in [-0.2, 0) is 4.43 Å². The van der Waals surface area contributed by atoms with Crippen LogP contribution in [0.5, 0.6) is 0 Å². The second-order valence-corrected chi connectivity index (χ2v) is 5.47. The van der Waals surface area contributed by atoms with Crippen molar-refractivity contribution >= 4 is 22.4 Å². The maximum absolute atomic E-state index is 5.74. The Bertz CT molecular complexity index is 104. The molecule has 1 heterocycles. The molecule has 3 heteroatoms. The van der Waals surface area contributed by atoms with Gasteiger partial charge in [-0.1, -0.05) is 13.3 Å². The van der Waals surface area contributed by atoms with Gasteiger partial charge >= 0.3 is 0 Å². The third kappa shape index (κ3) is 3.63. The summed E-state index contributed by atoms with van der Waals surface area (Å²) in [6.07, 6.45) is 5.60. The van der Waals surface area contributed by atoms with Crippen molar-refractivity contribution in [3.8, 4) is 0 Å². The molecule has 0 radical (unpaired) electrons. The highest BCUT2D eigenvalue weighted by Crippen LogP contribution is 2.19. The van der Waals surface area contributed by atoms with E-state index >= 15 is 0 Å². The highest BCUT2D eigenvalue weighted by atomic mass is 32.1. The SMILES string of the molecule is CCC(S)CC1CCC[SiH2]O1. The molecule has 0 N–H and O–H groups in total. The molecule has 0 aromatic rings. The van der Waals surface area contributed by atoms with Gasteiger partial charge in [0.2, 0.25) is 0 Å². The Hall–Kier alpha value is 0.527. The molecule has 1 saturated heterocycles. The van der Waals surface area contributed by atoms with Crippen LogP contribution in [0.2, 0.25) is 6.04 Å². The first-order valence-corrected chi connectivity index (χ1v) is 6.72. The summed E-state index contributed by atoms with van der Waals surface area (Å²) in [6, 6.07) is 1.39. The smallest absolute Gasteiger partial charge is 0.161 e. The summed E-state index contributed by atoms with van der Waals surface area (Å²) in [6.45, 7) is 2.19. The first-order chi connectivity index (χ1) is 5.33. The fourth-order valence-electron chi connectivity index (χ4n) is 1.46. The van der Waals surface area contributed by atoms with E-state index < -0.39 is 0 Å². The molecular weight excluding hydrogens is 172 g/mol. The zero-order valence-corrected chi connectivity index (χ0v) is 9.56. The average molecular weight is 190 g/mol. The summed E-state index contributed by atoms with van der Waals surface area (Å²) >= 11 is 4.48. The Morgan fingerprint density at radius 1 is 1.73 bits per heavy atom. The Morgan fingerprint density at radius 2 is 2.55 bits per heavy atom. The summed E-state index contributed by atoms with van der Waals surface area (Å²) in [5.74, 6) is 0. The predicted molar refractivity (Wildman–Crippen MR) is 55.1 cm³/mol. The van der Waals surface area contributed by atoms with Crippen LogP contribution in [0.1, 0.15) is 32.6 Å². The van der Waals surface area contributed by atoms with Gasteiger partial charge in [-0.05, 0) is 25.3 Å². The second-order valence-electron chi connectivity index (χ2n) is 3.29. The van der Waals surface area contributed by atoms with E-state index in [-0.39, 0.29) is 9.76 Å². The van der Waals surface area contributed by atoms with Crippen LogP contribution in [-0.4, -0.2) is 21.1 Å². The molecule has 0 saturated carbocycles. The molecule has 2 unspecified atom stereocenters. The lowest BCUT2D eigenvalue weighted by Crippen LogP contribution is -2.23. The lowest BCUT2D eigenvalue weighted by atomic mass is 10.1. The molecule has 0 aromatic carbocycles. The van der Waals surface area contributed by atoms with Crippen LogP contribution in [0.15, 0.2) is 0 Å². The van der Waals surface area contributed by atoms with Gasteiger partial charge in [0.25, 0.3) is 0 Å². The third-order valence-electron chi connectivity index (χ3n) is 2.28. The Kier molecular flexibility index (Phi) is 4.56. The van der Waals surface area contributed by atoms with Crippen LogP contribution < -0.4 is 0 Å². The van der Waals surface area contributed by atoms with E-state index in [9.17, 15) is 0 Å². The van der Waals surface area contributed by atoms with Gasteiger partial charge in [-0.3, -0.25) is 0 Å². The van der Waals surface area contributed by atoms with Crippen molar-refractivity contribution in [2.75, 3.05) is 0 Å². The minimum absolute atomic E-state index is 0.124. The van der Waals surface area contributed by atoms with Crippen molar-refractivity contribution in [1.29, 1.82) is 0 Å². The zero-order valence-electron chi connectivity index (χ0n) is 7.25. The maximum Gasteiger partial charge on any atom is 0.161 e. The number of thiol groups is 1. The maximum atomic E-state index is 5.74. The van der Waals surface area contributed by atoms with Crippen LogP contribution in [0.3, 0.4) is 0 Å². The largest absolute Gasteiger partial charge is 0.421 e. The number of rotatable bonds is 3. The Balaban J connectivity index is 2.13. The van der Waals surface area contributed by atoms with Crippen LogP contribution in [0.4, 0.5) is 0 Å². The molecule has 2 atom stereocenters. The minimum atomic E-state index is -0.124. The monoisotopic (exact) mass is 190 g/mol. The molecule has 66 valence electrons. The highest BCUT2D eigenvalue weighted by molar-refractivity contribution is 7.80. The lowest BCUT2D eigenvalue weighted by molar-refractivity contribution is 0.171. The van der Waals surface area contributed by atoms with E-state index in [1.54, 1.807) is 0 Å². The normalized spacial score (nSPS) is 30.5. The molecule has 1 rings (SSSR count). The van der Waals surface area contributed by atoms with Gasteiger partial charge in [-0.2, -0.15) is 12.6 Å². The molecule has 11 heavy (non-hydrogen) atoms. The third-order valence-corrected chi connectivity index (χ3v) is 4.35. The minimum Gasteiger partial charge on any atom is -0.421 e. The molecule has 1 fully saturated rings. The number of hydrogen-bond acceptors (Lipinski definition) is 2. The molecule has 0 aromatic heterocycles. The summed E-state index contributed by atoms with van der Waals surface area (Å²) in [4.78, 5) is 0. The van der Waals surface area contributed by atoms with Gasteiger partial charge in [0.05, 0.1) is 0 Å². The summed E-state index contributed by atoms with van der Waals surface area (Å²) < 4.78 is 5.74. The lowest BCUT2D eigenvalue weighted by Gasteiger charge is -2.24. The van der Waals surface area contributed by atoms with E-state index in [0.717, 1.165) is 0 Å². The second kappa shape index (κ2) is 5.22. The van der Waals surface area contributed by atoms with Gasteiger partial charge in [0, 0.05) is 11.4 Å². The molecule has 1 nitrogen and oxygen atoms in total. The summed E-state index contributed by atoms with van der Waals surface area (Å²) in [5.41, 5.74) is 0. The first-order valence-electron chi connectivity index (χ1n) is 4.62. The fraction of sp³-hybridized carbons (Fsp3) is 1.00. The van der Waals surface area contributed by atoms with Gasteiger partial charge in [-0.25, -0.2) is 0 Å². The number of hydrogen-bond donors (Lipinski definition) is 1. The summed E-state index contributed by atoms with van der Waals surface area (Å²) in [7, 11) is -0.124. The van der Waals surface area contributed by atoms with Crippen molar-refractivity contribution in [3.63, 3.8) is 0 Å². The van der Waals surface area contributed by atoms with Crippen molar-refractivity contribution in [1.82, 2.24) is 0 Å². The van der Waals surface area contributed by atoms with E-state index in [0.29, 0.717) is 11.4 Å². The van der Waals surface area contributed by atoms with Crippen LogP contribution >= 0.6 is 12.6 Å². The molecule has 1 aliphatic heterocycles. The molecule has 0 bridgehead atoms. The van der Waals surface area contributed by atoms with Gasteiger partial charge in [-0.15, -0.1) is 0 Å². The van der Waals surface area contributed by atoms with Crippen LogP contribution in [0.25, 0.3) is 0 Å². The molecular formula is C8H18OSSi. The van der Waals surface area contributed by atoms with Crippen molar-refractivity contribution in [2.24, 2.45) is 0 Å². The average Bonchev–Trinajstić information content (AvgIpc) is 2.06. The fourth-order valence-corrected chi connectivity index (χ4v) is 2.99. The van der Waals surface area contributed by atoms with Gasteiger partial charge in [0.1, 0.15) is 0 Å². The molecule has 0 amide bonds. The highest BCUT2D eigenvalue weighted by Gasteiger charge is 2.15. The van der Waals surface area contributed by atoms with Crippen molar-refractivity contribution in [2.45, 2.75) is 50.0 Å². The van der Waals surface area contributed by atoms with E-state index in [1.807, 2.05) is 0 Å². The summed E-state index contributed by atoms with van der Waals surface area (Å²) in [5, 5.41) is 0.562. The Morgan fingerprint density at radius 3 is 3.09 bits per heavy atom. The Labute approximate surface area is 77.3 Å². The standard InChI is InChI=1S/C8H18OSSi/c1-2-8(10)6-7-4-3-5-11-9-7/h7-8,10H,2-6,11H2,1H3. The molecule has 0 spiro atoms.